The van der Waals surface area contributed by atoms with Crippen molar-refractivity contribution in [2.45, 2.75) is 18.7 Å². The number of aryl methyl sites for hydroxylation is 1. The maximum Gasteiger partial charge on any atom is 0.230 e. The monoisotopic (exact) mass is 209 g/mol. The van der Waals surface area contributed by atoms with Crippen LogP contribution in [0.15, 0.2) is 29.2 Å². The molecule has 0 radical (unpaired) electrons. The van der Waals surface area contributed by atoms with E-state index in [0.717, 1.165) is 4.90 Å². The molecule has 0 saturated carbocycles. The highest BCUT2D eigenvalue weighted by atomic mass is 32.2. The Labute approximate surface area is 89.1 Å². The Morgan fingerprint density at radius 3 is 2.57 bits per heavy atom. The van der Waals surface area contributed by atoms with Crippen LogP contribution in [0.3, 0.4) is 0 Å². The van der Waals surface area contributed by atoms with E-state index in [2.05, 4.69) is 24.4 Å². The van der Waals surface area contributed by atoms with Gasteiger partial charge in [0.15, 0.2) is 0 Å². The van der Waals surface area contributed by atoms with Crippen molar-refractivity contribution in [3.05, 3.63) is 29.8 Å². The molecular formula is C11H15NOS. The predicted molar refractivity (Wildman–Crippen MR) is 60.6 cm³/mol. The van der Waals surface area contributed by atoms with Crippen molar-refractivity contribution in [1.82, 2.24) is 5.32 Å². The van der Waals surface area contributed by atoms with E-state index in [1.807, 2.05) is 19.1 Å². The molecule has 1 rings (SSSR count). The molecule has 0 heterocycles. The van der Waals surface area contributed by atoms with Gasteiger partial charge in [0.1, 0.15) is 0 Å². The number of carbonyl (C=O) groups is 1. The molecule has 0 atom stereocenters. The minimum absolute atomic E-state index is 0.0954. The molecule has 0 aromatic heterocycles. The molecule has 3 heteroatoms. The van der Waals surface area contributed by atoms with Gasteiger partial charge in [-0.1, -0.05) is 17.7 Å². The maximum atomic E-state index is 11.2. The second kappa shape index (κ2) is 5.70. The van der Waals surface area contributed by atoms with Gasteiger partial charge in [-0.15, -0.1) is 11.8 Å². The van der Waals surface area contributed by atoms with Gasteiger partial charge in [0.25, 0.3) is 0 Å². The molecule has 0 unspecified atom stereocenters. The van der Waals surface area contributed by atoms with Crippen molar-refractivity contribution in [2.24, 2.45) is 0 Å². The Kier molecular flexibility index (Phi) is 4.53. The van der Waals surface area contributed by atoms with Crippen LogP contribution in [0.1, 0.15) is 12.5 Å². The van der Waals surface area contributed by atoms with Gasteiger partial charge in [0.2, 0.25) is 5.91 Å². The smallest absolute Gasteiger partial charge is 0.230 e. The number of amides is 1. The van der Waals surface area contributed by atoms with E-state index >= 15 is 0 Å². The molecule has 0 fully saturated rings. The summed E-state index contributed by atoms with van der Waals surface area (Å²) in [6, 6.07) is 8.19. The first-order chi connectivity index (χ1) is 6.72. The number of rotatable bonds is 4. The van der Waals surface area contributed by atoms with Crippen LogP contribution in [0.2, 0.25) is 0 Å². The van der Waals surface area contributed by atoms with E-state index < -0.39 is 0 Å². The number of benzene rings is 1. The van der Waals surface area contributed by atoms with Gasteiger partial charge >= 0.3 is 0 Å². The second-order valence-corrected chi connectivity index (χ2v) is 4.10. The average molecular weight is 209 g/mol. The largest absolute Gasteiger partial charge is 0.356 e. The fraction of sp³-hybridized carbons (Fsp3) is 0.364. The van der Waals surface area contributed by atoms with Gasteiger partial charge in [-0.05, 0) is 26.0 Å². The van der Waals surface area contributed by atoms with Crippen LogP contribution in [0, 0.1) is 6.92 Å². The third-order valence-corrected chi connectivity index (χ3v) is 2.78. The van der Waals surface area contributed by atoms with Crippen LogP contribution < -0.4 is 5.32 Å². The molecular weight excluding hydrogens is 194 g/mol. The number of nitrogens with one attached hydrogen (secondary N) is 1. The lowest BCUT2D eigenvalue weighted by atomic mass is 10.2. The molecule has 2 nitrogen and oxygen atoms in total. The SMILES string of the molecule is CCNC(=O)CSc1ccc(C)cc1. The van der Waals surface area contributed by atoms with E-state index in [4.69, 9.17) is 0 Å². The Balaban J connectivity index is 2.38. The molecule has 1 aromatic rings. The second-order valence-electron chi connectivity index (χ2n) is 3.06. The summed E-state index contributed by atoms with van der Waals surface area (Å²) in [7, 11) is 0. The first kappa shape index (κ1) is 11.1. The molecule has 0 spiro atoms. The van der Waals surface area contributed by atoms with Crippen LogP contribution in [0.25, 0.3) is 0 Å². The summed E-state index contributed by atoms with van der Waals surface area (Å²) in [5.41, 5.74) is 1.24. The van der Waals surface area contributed by atoms with Crippen LogP contribution in [0.4, 0.5) is 0 Å². The van der Waals surface area contributed by atoms with Gasteiger partial charge in [0.05, 0.1) is 5.75 Å². The highest BCUT2D eigenvalue weighted by molar-refractivity contribution is 8.00. The lowest BCUT2D eigenvalue weighted by Crippen LogP contribution is -2.24. The number of hydrogen-bond donors (Lipinski definition) is 1. The first-order valence-electron chi connectivity index (χ1n) is 4.68. The van der Waals surface area contributed by atoms with Gasteiger partial charge in [-0.3, -0.25) is 4.79 Å². The van der Waals surface area contributed by atoms with Crippen molar-refractivity contribution in [3.8, 4) is 0 Å². The maximum absolute atomic E-state index is 11.2. The summed E-state index contributed by atoms with van der Waals surface area (Å²) in [6.45, 7) is 4.68. The van der Waals surface area contributed by atoms with Gasteiger partial charge in [-0.25, -0.2) is 0 Å². The van der Waals surface area contributed by atoms with Crippen molar-refractivity contribution < 1.29 is 4.79 Å². The summed E-state index contributed by atoms with van der Waals surface area (Å²) in [5.74, 6) is 0.592. The highest BCUT2D eigenvalue weighted by Gasteiger charge is 2.00. The van der Waals surface area contributed by atoms with Crippen LogP contribution in [0.5, 0.6) is 0 Å². The van der Waals surface area contributed by atoms with Crippen molar-refractivity contribution in [1.29, 1.82) is 0 Å². The molecule has 1 N–H and O–H groups in total. The number of hydrogen-bond acceptors (Lipinski definition) is 2. The van der Waals surface area contributed by atoms with Gasteiger partial charge in [0, 0.05) is 11.4 Å². The van der Waals surface area contributed by atoms with Crippen molar-refractivity contribution in [2.75, 3.05) is 12.3 Å². The van der Waals surface area contributed by atoms with E-state index in [-0.39, 0.29) is 5.91 Å². The Morgan fingerprint density at radius 1 is 1.36 bits per heavy atom. The molecule has 1 amide bonds. The average Bonchev–Trinajstić information content (AvgIpc) is 2.17. The molecule has 0 aliphatic rings. The summed E-state index contributed by atoms with van der Waals surface area (Å²) >= 11 is 1.57. The lowest BCUT2D eigenvalue weighted by molar-refractivity contribution is -0.118. The minimum atomic E-state index is 0.0954. The Morgan fingerprint density at radius 2 is 2.00 bits per heavy atom. The van der Waals surface area contributed by atoms with Crippen LogP contribution in [-0.2, 0) is 4.79 Å². The summed E-state index contributed by atoms with van der Waals surface area (Å²) in [5, 5.41) is 2.77. The van der Waals surface area contributed by atoms with Crippen LogP contribution >= 0.6 is 11.8 Å². The van der Waals surface area contributed by atoms with E-state index in [1.54, 1.807) is 11.8 Å². The molecule has 14 heavy (non-hydrogen) atoms. The summed E-state index contributed by atoms with van der Waals surface area (Å²) in [6.07, 6.45) is 0. The lowest BCUT2D eigenvalue weighted by Gasteiger charge is -2.02. The Bertz CT molecular complexity index is 295. The zero-order chi connectivity index (χ0) is 10.4. The quantitative estimate of drug-likeness (QED) is 0.770. The number of carbonyl (C=O) groups excluding carboxylic acids is 1. The van der Waals surface area contributed by atoms with Gasteiger partial charge in [-0.2, -0.15) is 0 Å². The zero-order valence-electron chi connectivity index (χ0n) is 8.54. The fourth-order valence-corrected chi connectivity index (χ4v) is 1.76. The standard InChI is InChI=1S/C11H15NOS/c1-3-12-11(13)8-14-10-6-4-9(2)5-7-10/h4-7H,3,8H2,1-2H3,(H,12,13). The fourth-order valence-electron chi connectivity index (χ4n) is 1.03. The van der Waals surface area contributed by atoms with Crippen molar-refractivity contribution in [3.63, 3.8) is 0 Å². The van der Waals surface area contributed by atoms with E-state index in [9.17, 15) is 4.79 Å². The molecule has 0 bridgehead atoms. The number of thioether (sulfide) groups is 1. The topological polar surface area (TPSA) is 29.1 Å². The molecule has 0 saturated heterocycles. The summed E-state index contributed by atoms with van der Waals surface area (Å²) in [4.78, 5) is 12.3. The molecule has 0 aliphatic heterocycles. The van der Waals surface area contributed by atoms with Crippen LogP contribution in [-0.4, -0.2) is 18.2 Å². The third-order valence-electron chi connectivity index (χ3n) is 1.76. The Hall–Kier alpha value is -0.960. The third kappa shape index (κ3) is 3.83. The highest BCUT2D eigenvalue weighted by Crippen LogP contribution is 2.17. The molecule has 76 valence electrons. The van der Waals surface area contributed by atoms with E-state index in [0.29, 0.717) is 12.3 Å². The van der Waals surface area contributed by atoms with E-state index in [1.165, 1.54) is 5.56 Å². The normalized spacial score (nSPS) is 9.86. The minimum Gasteiger partial charge on any atom is -0.356 e. The zero-order valence-corrected chi connectivity index (χ0v) is 9.36. The summed E-state index contributed by atoms with van der Waals surface area (Å²) < 4.78 is 0. The van der Waals surface area contributed by atoms with Gasteiger partial charge < -0.3 is 5.32 Å². The predicted octanol–water partition coefficient (Wildman–Crippen LogP) is 2.22. The molecule has 1 aromatic carbocycles. The van der Waals surface area contributed by atoms with Crippen molar-refractivity contribution >= 4 is 17.7 Å². The molecule has 0 aliphatic carbocycles. The first-order valence-corrected chi connectivity index (χ1v) is 5.67.